The van der Waals surface area contributed by atoms with Gasteiger partial charge in [0.25, 0.3) is 0 Å². The zero-order valence-electron chi connectivity index (χ0n) is 19.7. The zero-order chi connectivity index (χ0) is 25.2. The van der Waals surface area contributed by atoms with Crippen LogP contribution in [-0.2, 0) is 19.1 Å². The summed E-state index contributed by atoms with van der Waals surface area (Å²) in [6.45, 7) is 6.05. The molecule has 2 atom stereocenters. The van der Waals surface area contributed by atoms with E-state index >= 15 is 0 Å². The number of carbonyl (C=O) groups excluding carboxylic acids is 1. The number of hydrogen-bond acceptors (Lipinski definition) is 9. The van der Waals surface area contributed by atoms with Crippen molar-refractivity contribution in [1.82, 2.24) is 15.2 Å². The summed E-state index contributed by atoms with van der Waals surface area (Å²) < 4.78 is 24.8. The van der Waals surface area contributed by atoms with Gasteiger partial charge >= 0.3 is 11.9 Å². The largest absolute Gasteiger partial charge is 0.480 e. The number of aryl methyl sites for hydroxylation is 1. The van der Waals surface area contributed by atoms with Crippen LogP contribution in [-0.4, -0.2) is 71.2 Å². The monoisotopic (exact) mass is 502 g/mol. The molecule has 11 heteroatoms. The Hall–Kier alpha value is -3.15. The Morgan fingerprint density at radius 1 is 1.43 bits per heavy atom. The van der Waals surface area contributed by atoms with Crippen LogP contribution in [0.2, 0.25) is 0 Å². The van der Waals surface area contributed by atoms with Crippen LogP contribution in [0.15, 0.2) is 46.0 Å². The molecule has 1 aromatic carbocycles. The van der Waals surface area contributed by atoms with E-state index < -0.39 is 29.3 Å². The fraction of sp³-hybridized carbons (Fsp3) is 0.417. The first-order valence-electron chi connectivity index (χ1n) is 11.2. The van der Waals surface area contributed by atoms with Crippen LogP contribution in [0.3, 0.4) is 0 Å². The Balaban J connectivity index is 1.86. The topological polar surface area (TPSA) is 113 Å². The summed E-state index contributed by atoms with van der Waals surface area (Å²) in [5.41, 5.74) is 0.699. The minimum atomic E-state index is -1.29. The maximum atomic E-state index is 13.9. The smallest absolute Gasteiger partial charge is 0.338 e. The summed E-state index contributed by atoms with van der Waals surface area (Å²) in [4.78, 5) is 36.3. The van der Waals surface area contributed by atoms with Crippen LogP contribution in [0.5, 0.6) is 0 Å². The maximum Gasteiger partial charge on any atom is 0.338 e. The highest BCUT2D eigenvalue weighted by molar-refractivity contribution is 7.11. The molecule has 9 nitrogen and oxygen atoms in total. The highest BCUT2D eigenvalue weighted by atomic mass is 32.1. The van der Waals surface area contributed by atoms with E-state index in [9.17, 15) is 19.1 Å². The first-order chi connectivity index (χ1) is 16.7. The van der Waals surface area contributed by atoms with Gasteiger partial charge in [0.1, 0.15) is 17.4 Å². The van der Waals surface area contributed by atoms with E-state index in [2.05, 4.69) is 10.3 Å². The first-order valence-corrected chi connectivity index (χ1v) is 12.1. The molecule has 4 rings (SSSR count). The molecule has 1 saturated heterocycles. The fourth-order valence-corrected chi connectivity index (χ4v) is 4.80. The van der Waals surface area contributed by atoms with Crippen LogP contribution in [0.4, 0.5) is 4.39 Å². The van der Waals surface area contributed by atoms with Gasteiger partial charge in [0.15, 0.2) is 10.8 Å². The average Bonchev–Trinajstić information content (AvgIpc) is 3.35. The fourth-order valence-electron chi connectivity index (χ4n) is 4.21. The SMILES string of the molecule is CCOC(=O)C1=C(CN2CCOCC2(C)C(=O)O)NC(c2nccs2)=NC1c1ccc(F)cc1C. The summed E-state index contributed by atoms with van der Waals surface area (Å²) >= 11 is 1.38. The number of thiazole rings is 1. The summed E-state index contributed by atoms with van der Waals surface area (Å²) in [5.74, 6) is -1.54. The van der Waals surface area contributed by atoms with Crippen molar-refractivity contribution in [1.29, 1.82) is 0 Å². The third-order valence-electron chi connectivity index (χ3n) is 6.18. The van der Waals surface area contributed by atoms with Crippen molar-refractivity contribution in [2.45, 2.75) is 32.4 Å². The molecule has 0 saturated carbocycles. The predicted molar refractivity (Wildman–Crippen MR) is 128 cm³/mol. The molecule has 2 aromatic rings. The summed E-state index contributed by atoms with van der Waals surface area (Å²) in [6.07, 6.45) is 1.65. The highest BCUT2D eigenvalue weighted by Crippen LogP contribution is 2.35. The van der Waals surface area contributed by atoms with Gasteiger partial charge in [-0.1, -0.05) is 6.07 Å². The lowest BCUT2D eigenvalue weighted by atomic mass is 9.91. The van der Waals surface area contributed by atoms with Gasteiger partial charge in [0, 0.05) is 30.4 Å². The molecule has 2 aliphatic heterocycles. The number of esters is 1. The van der Waals surface area contributed by atoms with Crippen molar-refractivity contribution in [3.05, 3.63) is 63.0 Å². The number of carboxylic acids is 1. The van der Waals surface area contributed by atoms with Gasteiger partial charge in [-0.2, -0.15) is 0 Å². The minimum absolute atomic E-state index is 0.0122. The van der Waals surface area contributed by atoms with Gasteiger partial charge in [0.05, 0.1) is 25.4 Å². The van der Waals surface area contributed by atoms with Crippen LogP contribution in [0.25, 0.3) is 0 Å². The number of carbonyl (C=O) groups is 2. The van der Waals surface area contributed by atoms with E-state index in [-0.39, 0.29) is 25.3 Å². The zero-order valence-corrected chi connectivity index (χ0v) is 20.5. The van der Waals surface area contributed by atoms with Gasteiger partial charge in [-0.25, -0.2) is 14.2 Å². The number of morpholine rings is 1. The molecule has 2 unspecified atom stereocenters. The number of nitrogens with zero attached hydrogens (tertiary/aromatic N) is 3. The van der Waals surface area contributed by atoms with Crippen molar-refractivity contribution in [3.63, 3.8) is 0 Å². The number of benzene rings is 1. The predicted octanol–water partition coefficient (Wildman–Crippen LogP) is 2.67. The Bertz CT molecular complexity index is 1180. The number of aliphatic carboxylic acids is 1. The summed E-state index contributed by atoms with van der Waals surface area (Å²) in [6, 6.07) is 3.54. The molecule has 0 radical (unpaired) electrons. The van der Waals surface area contributed by atoms with Crippen molar-refractivity contribution in [2.24, 2.45) is 4.99 Å². The Labute approximate surface area is 206 Å². The molecular weight excluding hydrogens is 475 g/mol. The van der Waals surface area contributed by atoms with E-state index in [0.29, 0.717) is 40.8 Å². The van der Waals surface area contributed by atoms with Gasteiger partial charge in [-0.15, -0.1) is 11.3 Å². The molecule has 0 bridgehead atoms. The lowest BCUT2D eigenvalue weighted by Gasteiger charge is -2.42. The molecule has 3 heterocycles. The molecule has 0 spiro atoms. The van der Waals surface area contributed by atoms with Crippen molar-refractivity contribution in [2.75, 3.05) is 32.9 Å². The number of aliphatic imine (C=N–C) groups is 1. The Morgan fingerprint density at radius 2 is 2.23 bits per heavy atom. The standard InChI is InChI=1S/C24H27FN4O5S/c1-4-34-22(30)18-17(12-29-8-9-33-13-24(29,3)23(31)32)27-20(21-26-7-10-35-21)28-19(18)16-6-5-15(25)11-14(16)2/h5-7,10-11,19H,4,8-9,12-13H2,1-3H3,(H,27,28)(H,31,32). The number of rotatable bonds is 7. The number of amidine groups is 1. The van der Waals surface area contributed by atoms with Gasteiger partial charge < -0.3 is 19.9 Å². The lowest BCUT2D eigenvalue weighted by molar-refractivity contribution is -0.161. The summed E-state index contributed by atoms with van der Waals surface area (Å²) in [7, 11) is 0. The second kappa shape index (κ2) is 10.2. The molecule has 2 N–H and O–H groups in total. The van der Waals surface area contributed by atoms with Gasteiger partial charge in [-0.05, 0) is 44.0 Å². The second-order valence-electron chi connectivity index (χ2n) is 8.51. The number of hydrogen-bond donors (Lipinski definition) is 2. The number of aromatic nitrogens is 1. The van der Waals surface area contributed by atoms with E-state index in [4.69, 9.17) is 14.5 Å². The van der Waals surface area contributed by atoms with E-state index in [0.717, 1.165) is 0 Å². The van der Waals surface area contributed by atoms with Crippen molar-refractivity contribution < 1.29 is 28.6 Å². The average molecular weight is 503 g/mol. The third kappa shape index (κ3) is 4.97. The summed E-state index contributed by atoms with van der Waals surface area (Å²) in [5, 5.41) is 15.6. The molecular formula is C24H27FN4O5S. The van der Waals surface area contributed by atoms with Crippen LogP contribution >= 0.6 is 11.3 Å². The highest BCUT2D eigenvalue weighted by Gasteiger charge is 2.44. The van der Waals surface area contributed by atoms with E-state index in [1.54, 1.807) is 37.9 Å². The second-order valence-corrected chi connectivity index (χ2v) is 9.40. The van der Waals surface area contributed by atoms with Crippen LogP contribution < -0.4 is 5.32 Å². The minimum Gasteiger partial charge on any atom is -0.480 e. The van der Waals surface area contributed by atoms with Crippen molar-refractivity contribution in [3.8, 4) is 0 Å². The molecule has 2 aliphatic rings. The number of carboxylic acid groups (broad SMARTS) is 1. The van der Waals surface area contributed by atoms with Gasteiger partial charge in [0.2, 0.25) is 0 Å². The molecule has 1 fully saturated rings. The van der Waals surface area contributed by atoms with E-state index in [1.807, 2.05) is 5.38 Å². The molecule has 0 aliphatic carbocycles. The molecule has 1 aromatic heterocycles. The van der Waals surface area contributed by atoms with E-state index in [1.165, 1.54) is 23.5 Å². The lowest BCUT2D eigenvalue weighted by Crippen LogP contribution is -2.61. The third-order valence-corrected chi connectivity index (χ3v) is 6.96. The van der Waals surface area contributed by atoms with Crippen LogP contribution in [0, 0.1) is 12.7 Å². The first kappa shape index (κ1) is 25.0. The quantitative estimate of drug-likeness (QED) is 0.556. The normalized spacial score (nSPS) is 23.0. The number of halogens is 1. The maximum absolute atomic E-state index is 13.9. The number of ether oxygens (including phenoxy) is 2. The molecule has 0 amide bonds. The van der Waals surface area contributed by atoms with Gasteiger partial charge in [-0.3, -0.25) is 14.7 Å². The molecule has 35 heavy (non-hydrogen) atoms. The Morgan fingerprint density at radius 3 is 2.89 bits per heavy atom. The molecule has 186 valence electrons. The van der Waals surface area contributed by atoms with Crippen LogP contribution in [0.1, 0.15) is 36.0 Å². The number of nitrogens with one attached hydrogen (secondary N) is 1. The Kier molecular flexibility index (Phi) is 7.29. The van der Waals surface area contributed by atoms with Crippen molar-refractivity contribution >= 4 is 29.1 Å².